The van der Waals surface area contributed by atoms with Crippen LogP contribution in [0.3, 0.4) is 0 Å². The van der Waals surface area contributed by atoms with E-state index in [2.05, 4.69) is 80.9 Å². The van der Waals surface area contributed by atoms with Crippen LogP contribution in [0.4, 0.5) is 0 Å². The number of allylic oxidation sites excluding steroid dienone is 3. The SMILES string of the molecule is CC.Cn1ccc2ccc(C3=CC(NC(c4cccnc4)C4CCNCC4)=CC4=NC=CN=C3C4)cc21. The predicted molar refractivity (Wildman–Crippen MR) is 155 cm³/mol. The number of pyridine rings is 1. The molecule has 1 aromatic carbocycles. The van der Waals surface area contributed by atoms with Crippen LogP contribution in [0.25, 0.3) is 16.5 Å². The van der Waals surface area contributed by atoms with E-state index in [1.165, 1.54) is 22.0 Å². The molecular weight excluding hydrogens is 456 g/mol. The first-order valence-corrected chi connectivity index (χ1v) is 13.4. The lowest BCUT2D eigenvalue weighted by atomic mass is 9.86. The van der Waals surface area contributed by atoms with Crippen molar-refractivity contribution in [1.29, 1.82) is 0 Å². The number of benzene rings is 1. The van der Waals surface area contributed by atoms with Crippen LogP contribution < -0.4 is 10.6 Å². The van der Waals surface area contributed by atoms with Crippen molar-refractivity contribution < 1.29 is 0 Å². The largest absolute Gasteiger partial charge is 0.378 e. The minimum absolute atomic E-state index is 0.183. The molecule has 4 heterocycles. The van der Waals surface area contributed by atoms with E-state index in [9.17, 15) is 0 Å². The maximum Gasteiger partial charge on any atom is 0.0558 e. The zero-order valence-electron chi connectivity index (χ0n) is 22.0. The Kier molecular flexibility index (Phi) is 7.76. The van der Waals surface area contributed by atoms with Gasteiger partial charge in [-0.3, -0.25) is 15.0 Å². The fourth-order valence-corrected chi connectivity index (χ4v) is 5.38. The lowest BCUT2D eigenvalue weighted by molar-refractivity contribution is 0.296. The van der Waals surface area contributed by atoms with Gasteiger partial charge in [0.25, 0.3) is 0 Å². The number of rotatable bonds is 5. The minimum atomic E-state index is 0.183. The molecule has 3 aromatic rings. The van der Waals surface area contributed by atoms with E-state index >= 15 is 0 Å². The summed E-state index contributed by atoms with van der Waals surface area (Å²) in [7, 11) is 2.09. The molecule has 2 bridgehead atoms. The van der Waals surface area contributed by atoms with Gasteiger partial charge in [-0.1, -0.05) is 32.0 Å². The van der Waals surface area contributed by atoms with Crippen molar-refractivity contribution in [2.75, 3.05) is 13.1 Å². The van der Waals surface area contributed by atoms with Crippen LogP contribution in [0.2, 0.25) is 0 Å². The van der Waals surface area contributed by atoms with Gasteiger partial charge in [-0.15, -0.1) is 0 Å². The maximum atomic E-state index is 4.78. The van der Waals surface area contributed by atoms with Crippen molar-refractivity contribution in [3.8, 4) is 0 Å². The summed E-state index contributed by atoms with van der Waals surface area (Å²) >= 11 is 0. The summed E-state index contributed by atoms with van der Waals surface area (Å²) in [5.41, 5.74) is 7.87. The van der Waals surface area contributed by atoms with Crippen LogP contribution in [0, 0.1) is 5.92 Å². The first kappa shape index (κ1) is 24.9. The number of aliphatic imine (C=N–C) groups is 2. The van der Waals surface area contributed by atoms with Gasteiger partial charge in [-0.25, -0.2) is 0 Å². The van der Waals surface area contributed by atoms with Gasteiger partial charge in [0, 0.05) is 67.0 Å². The molecule has 1 fully saturated rings. The minimum Gasteiger partial charge on any atom is -0.378 e. The van der Waals surface area contributed by atoms with Crippen molar-refractivity contribution in [3.05, 3.63) is 96.4 Å². The third-order valence-electron chi connectivity index (χ3n) is 7.24. The standard InChI is InChI=1S/C29H30N6.C2H6/c1-35-14-8-20-4-5-22(15-28(20)35)26-17-25(16-24-18-27(26)33-13-12-32-24)34-29(21-6-10-30-11-7-21)23-3-2-9-31-19-23;1-2/h2-5,8-9,12-17,19,21,29-30,34H,6-7,10-11,18H2,1H3;1-2H3. The Morgan fingerprint density at radius 1 is 1.03 bits per heavy atom. The van der Waals surface area contributed by atoms with Crippen molar-refractivity contribution >= 4 is 27.9 Å². The van der Waals surface area contributed by atoms with E-state index < -0.39 is 0 Å². The normalized spacial score (nSPS) is 18.4. The van der Waals surface area contributed by atoms with Crippen LogP contribution in [-0.2, 0) is 7.05 Å². The molecule has 2 aliphatic heterocycles. The Hall–Kier alpha value is -3.77. The predicted octanol–water partition coefficient (Wildman–Crippen LogP) is 5.97. The quantitative estimate of drug-likeness (QED) is 0.461. The van der Waals surface area contributed by atoms with E-state index in [1.54, 1.807) is 12.4 Å². The summed E-state index contributed by atoms with van der Waals surface area (Å²) in [6.07, 6.45) is 17.0. The Bertz CT molecular complexity index is 1380. The zero-order chi connectivity index (χ0) is 25.6. The van der Waals surface area contributed by atoms with Gasteiger partial charge in [0.05, 0.1) is 11.8 Å². The van der Waals surface area contributed by atoms with Gasteiger partial charge in [-0.05, 0) is 78.7 Å². The second-order valence-corrected chi connectivity index (χ2v) is 9.52. The van der Waals surface area contributed by atoms with Crippen molar-refractivity contribution in [2.24, 2.45) is 23.0 Å². The summed E-state index contributed by atoms with van der Waals surface area (Å²) in [4.78, 5) is 13.9. The fraction of sp³-hybridized carbons (Fsp3) is 0.323. The third kappa shape index (κ3) is 5.49. The van der Waals surface area contributed by atoms with E-state index in [4.69, 9.17) is 4.99 Å². The first-order chi connectivity index (χ1) is 18.2. The second-order valence-electron chi connectivity index (χ2n) is 9.52. The molecule has 190 valence electrons. The molecule has 1 unspecified atom stereocenters. The zero-order valence-corrected chi connectivity index (χ0v) is 22.0. The summed E-state index contributed by atoms with van der Waals surface area (Å²) in [6.45, 7) is 6.10. The Balaban J connectivity index is 0.00000137. The highest BCUT2D eigenvalue weighted by Crippen LogP contribution is 2.32. The molecular formula is C31H36N6. The number of fused-ring (bicyclic) bond motifs is 3. The topological polar surface area (TPSA) is 66.6 Å². The summed E-state index contributed by atoms with van der Waals surface area (Å²) in [6, 6.07) is 13.2. The molecule has 6 nitrogen and oxygen atoms in total. The second kappa shape index (κ2) is 11.5. The molecule has 0 saturated carbocycles. The third-order valence-corrected chi connectivity index (χ3v) is 7.24. The van der Waals surface area contributed by atoms with Gasteiger partial charge in [0.15, 0.2) is 0 Å². The molecule has 2 N–H and O–H groups in total. The lowest BCUT2D eigenvalue weighted by Crippen LogP contribution is -2.36. The van der Waals surface area contributed by atoms with Crippen molar-refractivity contribution in [3.63, 3.8) is 0 Å². The summed E-state index contributed by atoms with van der Waals surface area (Å²) in [5, 5.41) is 8.66. The van der Waals surface area contributed by atoms with Crippen LogP contribution in [-0.4, -0.2) is 34.1 Å². The van der Waals surface area contributed by atoms with Gasteiger partial charge in [0.1, 0.15) is 0 Å². The molecule has 2 aromatic heterocycles. The average molecular weight is 493 g/mol. The van der Waals surface area contributed by atoms with Crippen LogP contribution in [0.15, 0.2) is 95.2 Å². The molecule has 0 amide bonds. The molecule has 37 heavy (non-hydrogen) atoms. The smallest absolute Gasteiger partial charge is 0.0558 e. The van der Waals surface area contributed by atoms with Gasteiger partial charge < -0.3 is 15.2 Å². The molecule has 1 aliphatic carbocycles. The highest BCUT2D eigenvalue weighted by molar-refractivity contribution is 6.32. The van der Waals surface area contributed by atoms with Gasteiger partial charge in [-0.2, -0.15) is 0 Å². The Morgan fingerprint density at radius 2 is 1.86 bits per heavy atom. The Labute approximate surface area is 219 Å². The number of hydrogen-bond donors (Lipinski definition) is 2. The van der Waals surface area contributed by atoms with Crippen LogP contribution >= 0.6 is 0 Å². The summed E-state index contributed by atoms with van der Waals surface area (Å²) in [5.74, 6) is 0.530. The van der Waals surface area contributed by atoms with E-state index in [0.717, 1.165) is 48.6 Å². The van der Waals surface area contributed by atoms with E-state index in [1.807, 2.05) is 32.3 Å². The van der Waals surface area contributed by atoms with Crippen molar-refractivity contribution in [1.82, 2.24) is 20.2 Å². The number of nitrogens with one attached hydrogen (secondary N) is 2. The molecule has 0 radical (unpaired) electrons. The first-order valence-electron chi connectivity index (χ1n) is 13.4. The van der Waals surface area contributed by atoms with Crippen LogP contribution in [0.1, 0.15) is 50.3 Å². The number of aromatic nitrogens is 2. The van der Waals surface area contributed by atoms with Crippen molar-refractivity contribution in [2.45, 2.75) is 39.2 Å². The Morgan fingerprint density at radius 3 is 2.68 bits per heavy atom. The van der Waals surface area contributed by atoms with Gasteiger partial charge >= 0.3 is 0 Å². The molecule has 6 rings (SSSR count). The highest BCUT2D eigenvalue weighted by Gasteiger charge is 2.27. The highest BCUT2D eigenvalue weighted by atomic mass is 15.0. The number of nitrogens with zero attached hydrogens (tertiary/aromatic N) is 4. The number of hydrogen-bond acceptors (Lipinski definition) is 5. The number of piperidine rings is 1. The summed E-state index contributed by atoms with van der Waals surface area (Å²) < 4.78 is 2.17. The average Bonchev–Trinajstić information content (AvgIpc) is 3.10. The monoisotopic (exact) mass is 492 g/mol. The van der Waals surface area contributed by atoms with E-state index in [-0.39, 0.29) is 6.04 Å². The van der Waals surface area contributed by atoms with E-state index in [0.29, 0.717) is 12.3 Å². The molecule has 6 heteroatoms. The lowest BCUT2D eigenvalue weighted by Gasteiger charge is -2.32. The fourth-order valence-electron chi connectivity index (χ4n) is 5.38. The maximum absolute atomic E-state index is 4.78. The number of aryl methyl sites for hydroxylation is 1. The molecule has 1 atom stereocenters. The molecule has 1 saturated heterocycles. The molecule has 0 spiro atoms. The van der Waals surface area contributed by atoms with Crippen LogP contribution in [0.5, 0.6) is 0 Å². The van der Waals surface area contributed by atoms with Gasteiger partial charge in [0.2, 0.25) is 0 Å². The molecule has 3 aliphatic rings.